The van der Waals surface area contributed by atoms with Crippen LogP contribution in [0.25, 0.3) is 6.08 Å². The maximum absolute atomic E-state index is 13.1. The third kappa shape index (κ3) is 5.33. The van der Waals surface area contributed by atoms with Gasteiger partial charge in [0.05, 0.1) is 32.6 Å². The molecular formula is C21H28N4O5S. The van der Waals surface area contributed by atoms with Gasteiger partial charge in [-0.15, -0.1) is 0 Å². The lowest BCUT2D eigenvalue weighted by Gasteiger charge is -2.26. The Kier molecular flexibility index (Phi) is 7.47. The molecule has 1 N–H and O–H groups in total. The SMILES string of the molecule is CCC(C)n1nccc1NC(=O)/C=C/c1ccc(OC)c(S(=O)(=O)N2CCOCC2)c1. The third-order valence-corrected chi connectivity index (χ3v) is 7.05. The summed E-state index contributed by atoms with van der Waals surface area (Å²) in [5.74, 6) is 0.526. The van der Waals surface area contributed by atoms with Gasteiger partial charge < -0.3 is 14.8 Å². The van der Waals surface area contributed by atoms with Crippen molar-refractivity contribution in [1.82, 2.24) is 14.1 Å². The quantitative estimate of drug-likeness (QED) is 0.623. The molecule has 0 spiro atoms. The molecule has 3 rings (SSSR count). The molecule has 1 amide bonds. The molecule has 1 aromatic carbocycles. The Morgan fingerprint density at radius 3 is 2.74 bits per heavy atom. The molecule has 1 fully saturated rings. The van der Waals surface area contributed by atoms with Gasteiger partial charge in [-0.1, -0.05) is 13.0 Å². The van der Waals surface area contributed by atoms with Crippen molar-refractivity contribution in [3.8, 4) is 5.75 Å². The van der Waals surface area contributed by atoms with E-state index in [0.717, 1.165) is 6.42 Å². The van der Waals surface area contributed by atoms with E-state index < -0.39 is 10.0 Å². The number of amides is 1. The van der Waals surface area contributed by atoms with Crippen LogP contribution in [-0.4, -0.2) is 61.8 Å². The van der Waals surface area contributed by atoms with E-state index in [1.165, 1.54) is 23.6 Å². The molecule has 1 atom stereocenters. The highest BCUT2D eigenvalue weighted by Crippen LogP contribution is 2.29. The highest BCUT2D eigenvalue weighted by Gasteiger charge is 2.29. The molecule has 1 aromatic heterocycles. The monoisotopic (exact) mass is 448 g/mol. The normalized spacial score (nSPS) is 16.4. The molecule has 1 aliphatic rings. The summed E-state index contributed by atoms with van der Waals surface area (Å²) in [6.07, 6.45) is 5.45. The first kappa shape index (κ1) is 23.0. The minimum absolute atomic E-state index is 0.0642. The summed E-state index contributed by atoms with van der Waals surface area (Å²) in [6, 6.07) is 6.69. The van der Waals surface area contributed by atoms with Crippen molar-refractivity contribution in [3.05, 3.63) is 42.1 Å². The molecule has 0 saturated carbocycles. The highest BCUT2D eigenvalue weighted by molar-refractivity contribution is 7.89. The topological polar surface area (TPSA) is 103 Å². The van der Waals surface area contributed by atoms with Crippen LogP contribution in [-0.2, 0) is 19.6 Å². The van der Waals surface area contributed by atoms with E-state index in [9.17, 15) is 13.2 Å². The Morgan fingerprint density at radius 2 is 2.06 bits per heavy atom. The number of anilines is 1. The average Bonchev–Trinajstić information content (AvgIpc) is 3.25. The Balaban J connectivity index is 1.79. The van der Waals surface area contributed by atoms with Gasteiger partial charge in [0.1, 0.15) is 16.5 Å². The largest absolute Gasteiger partial charge is 0.495 e. The van der Waals surface area contributed by atoms with Gasteiger partial charge in [-0.2, -0.15) is 9.40 Å². The van der Waals surface area contributed by atoms with Crippen molar-refractivity contribution in [2.24, 2.45) is 0 Å². The average molecular weight is 449 g/mol. The lowest BCUT2D eigenvalue weighted by molar-refractivity contribution is -0.111. The van der Waals surface area contributed by atoms with Gasteiger partial charge in [0, 0.05) is 25.2 Å². The summed E-state index contributed by atoms with van der Waals surface area (Å²) in [7, 11) is -2.32. The van der Waals surface area contributed by atoms with Crippen LogP contribution in [0, 0.1) is 0 Å². The minimum Gasteiger partial charge on any atom is -0.495 e. The molecule has 31 heavy (non-hydrogen) atoms. The maximum atomic E-state index is 13.1. The van der Waals surface area contributed by atoms with E-state index in [4.69, 9.17) is 9.47 Å². The van der Waals surface area contributed by atoms with Crippen LogP contribution in [0.2, 0.25) is 0 Å². The van der Waals surface area contributed by atoms with Gasteiger partial charge in [0.25, 0.3) is 0 Å². The number of rotatable bonds is 8. The summed E-state index contributed by atoms with van der Waals surface area (Å²) >= 11 is 0. The number of methoxy groups -OCH3 is 1. The predicted molar refractivity (Wildman–Crippen MR) is 117 cm³/mol. The number of sulfonamides is 1. The summed E-state index contributed by atoms with van der Waals surface area (Å²) in [4.78, 5) is 12.5. The van der Waals surface area contributed by atoms with Crippen LogP contribution < -0.4 is 10.1 Å². The van der Waals surface area contributed by atoms with Crippen LogP contribution in [0.5, 0.6) is 5.75 Å². The fraction of sp³-hybridized carbons (Fsp3) is 0.429. The molecule has 0 aliphatic carbocycles. The maximum Gasteiger partial charge on any atom is 0.249 e. The van der Waals surface area contributed by atoms with E-state index >= 15 is 0 Å². The second-order valence-electron chi connectivity index (χ2n) is 7.17. The zero-order chi connectivity index (χ0) is 22.4. The standard InChI is InChI=1S/C21H28N4O5S/c1-4-16(2)25-20(9-10-22-25)23-21(26)8-6-17-5-7-18(29-3)19(15-17)31(27,28)24-11-13-30-14-12-24/h5-10,15-16H,4,11-14H2,1-3H3,(H,23,26)/b8-6+. The van der Waals surface area contributed by atoms with Crippen molar-refractivity contribution in [2.75, 3.05) is 38.7 Å². The van der Waals surface area contributed by atoms with Crippen LogP contribution >= 0.6 is 0 Å². The minimum atomic E-state index is -3.74. The van der Waals surface area contributed by atoms with E-state index in [1.54, 1.807) is 35.2 Å². The molecule has 9 nitrogen and oxygen atoms in total. The number of ether oxygens (including phenoxy) is 2. The van der Waals surface area contributed by atoms with E-state index in [2.05, 4.69) is 10.4 Å². The molecular weight excluding hydrogens is 420 g/mol. The molecule has 1 unspecified atom stereocenters. The van der Waals surface area contributed by atoms with Gasteiger partial charge in [-0.3, -0.25) is 4.79 Å². The molecule has 0 bridgehead atoms. The Hall–Kier alpha value is -2.69. The van der Waals surface area contributed by atoms with Gasteiger partial charge in [0.15, 0.2) is 0 Å². The summed E-state index contributed by atoms with van der Waals surface area (Å²) in [5.41, 5.74) is 0.568. The molecule has 1 saturated heterocycles. The van der Waals surface area contributed by atoms with E-state index in [1.807, 2.05) is 13.8 Å². The lowest BCUT2D eigenvalue weighted by Crippen LogP contribution is -2.40. The van der Waals surface area contributed by atoms with Crippen molar-refractivity contribution in [3.63, 3.8) is 0 Å². The van der Waals surface area contributed by atoms with E-state index in [0.29, 0.717) is 24.6 Å². The van der Waals surface area contributed by atoms with Crippen molar-refractivity contribution in [1.29, 1.82) is 0 Å². The first-order chi connectivity index (χ1) is 14.9. The second-order valence-corrected chi connectivity index (χ2v) is 9.07. The first-order valence-electron chi connectivity index (χ1n) is 10.1. The molecule has 10 heteroatoms. The number of aromatic nitrogens is 2. The van der Waals surface area contributed by atoms with Crippen LogP contribution in [0.1, 0.15) is 31.9 Å². The van der Waals surface area contributed by atoms with Crippen molar-refractivity contribution < 1.29 is 22.7 Å². The molecule has 0 radical (unpaired) electrons. The van der Waals surface area contributed by atoms with Crippen molar-refractivity contribution in [2.45, 2.75) is 31.2 Å². The first-order valence-corrected chi connectivity index (χ1v) is 11.6. The second kappa shape index (κ2) is 10.1. The zero-order valence-corrected chi connectivity index (χ0v) is 18.8. The number of hydrogen-bond donors (Lipinski definition) is 1. The Morgan fingerprint density at radius 1 is 1.32 bits per heavy atom. The molecule has 1 aliphatic heterocycles. The van der Waals surface area contributed by atoms with E-state index in [-0.39, 0.29) is 35.7 Å². The zero-order valence-electron chi connectivity index (χ0n) is 17.9. The number of hydrogen-bond acceptors (Lipinski definition) is 6. The van der Waals surface area contributed by atoms with Crippen LogP contribution in [0.3, 0.4) is 0 Å². The number of carbonyl (C=O) groups excluding carboxylic acids is 1. The fourth-order valence-corrected chi connectivity index (χ4v) is 4.80. The number of carbonyl (C=O) groups is 1. The smallest absolute Gasteiger partial charge is 0.249 e. The number of nitrogens with one attached hydrogen (secondary N) is 1. The third-order valence-electron chi connectivity index (χ3n) is 5.13. The van der Waals surface area contributed by atoms with Gasteiger partial charge in [-0.05, 0) is 37.1 Å². The summed E-state index contributed by atoms with van der Waals surface area (Å²) in [6.45, 7) is 5.36. The molecule has 168 valence electrons. The molecule has 2 aromatic rings. The molecule has 2 heterocycles. The fourth-order valence-electron chi connectivity index (χ4n) is 3.20. The van der Waals surface area contributed by atoms with Crippen LogP contribution in [0.15, 0.2) is 41.4 Å². The number of nitrogens with zero attached hydrogens (tertiary/aromatic N) is 3. The van der Waals surface area contributed by atoms with Gasteiger partial charge >= 0.3 is 0 Å². The Bertz CT molecular complexity index is 1040. The van der Waals surface area contributed by atoms with Gasteiger partial charge in [-0.25, -0.2) is 13.1 Å². The van der Waals surface area contributed by atoms with Gasteiger partial charge in [0.2, 0.25) is 15.9 Å². The number of morpholine rings is 1. The predicted octanol–water partition coefficient (Wildman–Crippen LogP) is 2.54. The lowest BCUT2D eigenvalue weighted by atomic mass is 10.2. The Labute approximate surface area is 182 Å². The summed E-state index contributed by atoms with van der Waals surface area (Å²) in [5, 5.41) is 7.05. The highest BCUT2D eigenvalue weighted by atomic mass is 32.2. The summed E-state index contributed by atoms with van der Waals surface area (Å²) < 4.78 is 39.8. The van der Waals surface area contributed by atoms with Crippen LogP contribution in [0.4, 0.5) is 5.82 Å². The van der Waals surface area contributed by atoms with Crippen molar-refractivity contribution >= 4 is 27.8 Å². The number of benzene rings is 1.